The summed E-state index contributed by atoms with van der Waals surface area (Å²) >= 11 is 5.92. The normalized spacial score (nSPS) is 12.5. The number of halogens is 2. The first-order valence-electron chi connectivity index (χ1n) is 4.81. The van der Waals surface area contributed by atoms with E-state index < -0.39 is 12.8 Å². The molecule has 0 saturated heterocycles. The van der Waals surface area contributed by atoms with Gasteiger partial charge in [0.2, 0.25) is 0 Å². The minimum atomic E-state index is -0.553. The van der Waals surface area contributed by atoms with Crippen LogP contribution in [-0.2, 0) is 0 Å². The fourth-order valence-corrected chi connectivity index (χ4v) is 1.37. The highest BCUT2D eigenvalue weighted by Crippen LogP contribution is 2.27. The summed E-state index contributed by atoms with van der Waals surface area (Å²) in [4.78, 5) is 0. The molecule has 1 rings (SSSR count). The first-order valence-corrected chi connectivity index (χ1v) is 5.19. The second-order valence-electron chi connectivity index (χ2n) is 3.26. The number of aliphatic hydroxyl groups is 1. The maximum atomic E-state index is 11.8. The van der Waals surface area contributed by atoms with Crippen LogP contribution < -0.4 is 4.74 Å². The van der Waals surface area contributed by atoms with Gasteiger partial charge < -0.3 is 9.84 Å². The van der Waals surface area contributed by atoms with E-state index in [1.54, 1.807) is 25.1 Å². The van der Waals surface area contributed by atoms with Crippen LogP contribution in [0.25, 0.3) is 0 Å². The third-order valence-corrected chi connectivity index (χ3v) is 2.27. The molecular formula is C11H14ClFO2. The van der Waals surface area contributed by atoms with E-state index in [1.165, 1.54) is 0 Å². The Hall–Kier alpha value is -0.800. The summed E-state index contributed by atoms with van der Waals surface area (Å²) in [7, 11) is 0. The average molecular weight is 233 g/mol. The number of ether oxygens (including phenoxy) is 1. The standard InChI is InChI=1S/C11H14ClFO2/c1-8(14)9-3-4-11(10(12)7-9)15-6-2-5-13/h3-4,7-8,14H,2,5-6H2,1H3/t8-/m0/s1. The Morgan fingerprint density at radius 2 is 2.27 bits per heavy atom. The van der Waals surface area contributed by atoms with Crippen molar-refractivity contribution in [3.8, 4) is 5.75 Å². The lowest BCUT2D eigenvalue weighted by atomic mass is 10.1. The Morgan fingerprint density at radius 3 is 2.80 bits per heavy atom. The Morgan fingerprint density at radius 1 is 1.53 bits per heavy atom. The highest BCUT2D eigenvalue weighted by molar-refractivity contribution is 6.32. The molecule has 0 bridgehead atoms. The van der Waals surface area contributed by atoms with Crippen LogP contribution in [0.3, 0.4) is 0 Å². The molecule has 0 amide bonds. The van der Waals surface area contributed by atoms with Crippen LogP contribution in [0.2, 0.25) is 5.02 Å². The maximum Gasteiger partial charge on any atom is 0.137 e. The number of rotatable bonds is 5. The molecule has 0 aliphatic carbocycles. The lowest BCUT2D eigenvalue weighted by Gasteiger charge is -2.10. The summed E-state index contributed by atoms with van der Waals surface area (Å²) < 4.78 is 17.1. The fraction of sp³-hybridized carbons (Fsp3) is 0.455. The number of alkyl halides is 1. The van der Waals surface area contributed by atoms with Crippen LogP contribution in [0.15, 0.2) is 18.2 Å². The molecule has 1 aromatic rings. The van der Waals surface area contributed by atoms with Crippen molar-refractivity contribution < 1.29 is 14.2 Å². The molecule has 1 aromatic carbocycles. The fourth-order valence-electron chi connectivity index (χ4n) is 1.13. The van der Waals surface area contributed by atoms with Crippen LogP contribution in [-0.4, -0.2) is 18.4 Å². The molecule has 15 heavy (non-hydrogen) atoms. The average Bonchev–Trinajstić information content (AvgIpc) is 2.20. The molecule has 0 aliphatic heterocycles. The van der Waals surface area contributed by atoms with Gasteiger partial charge in [0.15, 0.2) is 0 Å². The molecular weight excluding hydrogens is 219 g/mol. The van der Waals surface area contributed by atoms with Gasteiger partial charge in [-0.25, -0.2) is 0 Å². The third-order valence-electron chi connectivity index (χ3n) is 1.97. The van der Waals surface area contributed by atoms with Crippen molar-refractivity contribution in [1.82, 2.24) is 0 Å². The SMILES string of the molecule is C[C@H](O)c1ccc(OCCCF)c(Cl)c1. The zero-order valence-electron chi connectivity index (χ0n) is 8.54. The van der Waals surface area contributed by atoms with E-state index in [2.05, 4.69) is 0 Å². The van der Waals surface area contributed by atoms with Crippen LogP contribution in [0, 0.1) is 0 Å². The van der Waals surface area contributed by atoms with Gasteiger partial charge in [-0.3, -0.25) is 4.39 Å². The summed E-state index contributed by atoms with van der Waals surface area (Å²) in [6.07, 6.45) is -0.198. The first kappa shape index (κ1) is 12.3. The van der Waals surface area contributed by atoms with Crippen molar-refractivity contribution in [2.75, 3.05) is 13.3 Å². The van der Waals surface area contributed by atoms with E-state index in [-0.39, 0.29) is 0 Å². The van der Waals surface area contributed by atoms with E-state index in [1.807, 2.05) is 0 Å². The van der Waals surface area contributed by atoms with Crippen LogP contribution in [0.1, 0.15) is 25.0 Å². The quantitative estimate of drug-likeness (QED) is 0.791. The van der Waals surface area contributed by atoms with Crippen molar-refractivity contribution in [3.63, 3.8) is 0 Å². The van der Waals surface area contributed by atoms with Gasteiger partial charge in [-0.1, -0.05) is 17.7 Å². The van der Waals surface area contributed by atoms with Crippen molar-refractivity contribution in [3.05, 3.63) is 28.8 Å². The summed E-state index contributed by atoms with van der Waals surface area (Å²) in [6.45, 7) is 1.57. The molecule has 0 heterocycles. The number of benzene rings is 1. The Bertz CT molecular complexity index is 315. The molecule has 0 aliphatic rings. The first-order chi connectivity index (χ1) is 7.15. The second-order valence-corrected chi connectivity index (χ2v) is 3.66. The van der Waals surface area contributed by atoms with Crippen LogP contribution in [0.5, 0.6) is 5.75 Å². The van der Waals surface area contributed by atoms with Gasteiger partial charge in [-0.05, 0) is 24.6 Å². The van der Waals surface area contributed by atoms with E-state index in [0.29, 0.717) is 23.8 Å². The molecule has 2 nitrogen and oxygen atoms in total. The van der Waals surface area contributed by atoms with Gasteiger partial charge in [0, 0.05) is 6.42 Å². The molecule has 1 atom stereocenters. The number of aliphatic hydroxyl groups excluding tert-OH is 1. The third kappa shape index (κ3) is 3.68. The predicted molar refractivity (Wildman–Crippen MR) is 58.2 cm³/mol. The van der Waals surface area contributed by atoms with Gasteiger partial charge in [0.05, 0.1) is 24.4 Å². The number of hydrogen-bond acceptors (Lipinski definition) is 2. The van der Waals surface area contributed by atoms with E-state index >= 15 is 0 Å². The van der Waals surface area contributed by atoms with Crippen molar-refractivity contribution in [2.45, 2.75) is 19.4 Å². The molecule has 1 N–H and O–H groups in total. The highest BCUT2D eigenvalue weighted by Gasteiger charge is 2.06. The van der Waals surface area contributed by atoms with Crippen LogP contribution in [0.4, 0.5) is 4.39 Å². The molecule has 84 valence electrons. The molecule has 0 radical (unpaired) electrons. The minimum absolute atomic E-state index is 0.310. The maximum absolute atomic E-state index is 11.8. The molecule has 0 spiro atoms. The molecule has 4 heteroatoms. The highest BCUT2D eigenvalue weighted by atomic mass is 35.5. The Labute approximate surface area is 93.6 Å². The van der Waals surface area contributed by atoms with E-state index in [4.69, 9.17) is 16.3 Å². The Kier molecular flexibility index (Phi) is 4.85. The van der Waals surface area contributed by atoms with Crippen LogP contribution >= 0.6 is 11.6 Å². The van der Waals surface area contributed by atoms with E-state index in [0.717, 1.165) is 5.56 Å². The smallest absolute Gasteiger partial charge is 0.137 e. The van der Waals surface area contributed by atoms with Crippen molar-refractivity contribution in [1.29, 1.82) is 0 Å². The zero-order valence-corrected chi connectivity index (χ0v) is 9.30. The molecule has 0 saturated carbocycles. The topological polar surface area (TPSA) is 29.5 Å². The number of hydrogen-bond donors (Lipinski definition) is 1. The predicted octanol–water partition coefficient (Wildman–Crippen LogP) is 3.13. The van der Waals surface area contributed by atoms with E-state index in [9.17, 15) is 9.50 Å². The molecule has 0 unspecified atom stereocenters. The van der Waals surface area contributed by atoms with Gasteiger partial charge in [-0.15, -0.1) is 0 Å². The van der Waals surface area contributed by atoms with Gasteiger partial charge in [-0.2, -0.15) is 0 Å². The largest absolute Gasteiger partial charge is 0.492 e. The monoisotopic (exact) mass is 232 g/mol. The molecule has 0 aromatic heterocycles. The molecule has 0 fully saturated rings. The lowest BCUT2D eigenvalue weighted by molar-refractivity contribution is 0.199. The van der Waals surface area contributed by atoms with Crippen molar-refractivity contribution in [2.24, 2.45) is 0 Å². The van der Waals surface area contributed by atoms with Gasteiger partial charge >= 0.3 is 0 Å². The summed E-state index contributed by atoms with van der Waals surface area (Å²) in [5.74, 6) is 0.523. The lowest BCUT2D eigenvalue weighted by Crippen LogP contribution is -1.99. The minimum Gasteiger partial charge on any atom is -0.492 e. The van der Waals surface area contributed by atoms with Crippen molar-refractivity contribution >= 4 is 11.6 Å². The zero-order chi connectivity index (χ0) is 11.3. The summed E-state index contributed by atoms with van der Waals surface area (Å²) in [6, 6.07) is 5.07. The summed E-state index contributed by atoms with van der Waals surface area (Å²) in [5, 5.41) is 9.74. The second kappa shape index (κ2) is 5.93. The summed E-state index contributed by atoms with van der Waals surface area (Å²) in [5.41, 5.74) is 0.734. The van der Waals surface area contributed by atoms with Gasteiger partial charge in [0.25, 0.3) is 0 Å². The van der Waals surface area contributed by atoms with Gasteiger partial charge in [0.1, 0.15) is 5.75 Å². The Balaban J connectivity index is 2.66.